The minimum Gasteiger partial charge on any atom is -0.444 e. The van der Waals surface area contributed by atoms with E-state index in [4.69, 9.17) is 9.47 Å². The first kappa shape index (κ1) is 23.6. The minimum atomic E-state index is -0.773. The number of nitrogens with one attached hydrogen (secondary N) is 1. The van der Waals surface area contributed by atoms with Gasteiger partial charge in [-0.05, 0) is 52.5 Å². The lowest BCUT2D eigenvalue weighted by molar-refractivity contribution is 0.0108. The molecule has 0 bridgehead atoms. The molecule has 0 saturated carbocycles. The van der Waals surface area contributed by atoms with Gasteiger partial charge in [0.15, 0.2) is 5.82 Å². The zero-order valence-corrected chi connectivity index (χ0v) is 19.1. The van der Waals surface area contributed by atoms with E-state index in [0.717, 1.165) is 4.57 Å². The van der Waals surface area contributed by atoms with Crippen LogP contribution >= 0.6 is 0 Å². The molecule has 0 spiro atoms. The average molecular weight is 422 g/mol. The Labute approximate surface area is 176 Å². The second-order valence-corrected chi connectivity index (χ2v) is 10.2. The highest BCUT2D eigenvalue weighted by Crippen LogP contribution is 2.31. The first-order valence-electron chi connectivity index (χ1n) is 9.93. The van der Waals surface area contributed by atoms with Gasteiger partial charge in [0.05, 0.1) is 23.1 Å². The van der Waals surface area contributed by atoms with Crippen LogP contribution in [0.5, 0.6) is 0 Å². The second-order valence-electron chi connectivity index (χ2n) is 10.2. The van der Waals surface area contributed by atoms with Crippen LogP contribution in [0.4, 0.5) is 14.0 Å². The second kappa shape index (κ2) is 8.24. The maximum atomic E-state index is 15.1. The number of hydrogen-bond acceptors (Lipinski definition) is 5. The summed E-state index contributed by atoms with van der Waals surface area (Å²) in [4.78, 5) is 29.0. The Morgan fingerprint density at radius 3 is 2.30 bits per heavy atom. The Bertz CT molecular complexity index is 936. The van der Waals surface area contributed by atoms with Crippen molar-refractivity contribution >= 4 is 23.1 Å². The molecule has 0 aliphatic heterocycles. The summed E-state index contributed by atoms with van der Waals surface area (Å²) in [6, 6.07) is 1.54. The normalized spacial score (nSPS) is 12.7. The molecule has 8 heteroatoms. The Morgan fingerprint density at radius 1 is 1.10 bits per heavy atom. The molecule has 0 aliphatic carbocycles. The number of ether oxygens (including phenoxy) is 2. The van der Waals surface area contributed by atoms with Gasteiger partial charge in [-0.1, -0.05) is 20.8 Å². The largest absolute Gasteiger partial charge is 0.444 e. The molecule has 2 aromatic rings. The summed E-state index contributed by atoms with van der Waals surface area (Å²) in [6.07, 6.45) is 1.99. The van der Waals surface area contributed by atoms with Crippen LogP contribution < -0.4 is 5.32 Å². The molecule has 166 valence electrons. The lowest BCUT2D eigenvalue weighted by Crippen LogP contribution is -2.36. The number of halogens is 1. The van der Waals surface area contributed by atoms with E-state index >= 15 is 4.39 Å². The van der Waals surface area contributed by atoms with Crippen LogP contribution in [0.15, 0.2) is 18.5 Å². The molecule has 1 amide bonds. The van der Waals surface area contributed by atoms with Crippen LogP contribution in [-0.2, 0) is 16.0 Å². The third kappa shape index (κ3) is 6.18. The van der Waals surface area contributed by atoms with Gasteiger partial charge in [0.1, 0.15) is 11.2 Å². The molecular formula is C22H32FN3O4. The highest BCUT2D eigenvalue weighted by molar-refractivity contribution is 5.91. The molecule has 0 unspecified atom stereocenters. The summed E-state index contributed by atoms with van der Waals surface area (Å²) in [5.74, 6) is -0.639. The number of fused-ring (bicyclic) bond motifs is 1. The third-order valence-electron chi connectivity index (χ3n) is 4.10. The average Bonchev–Trinajstić information content (AvgIpc) is 2.81. The van der Waals surface area contributed by atoms with Crippen LogP contribution in [0.25, 0.3) is 10.9 Å². The van der Waals surface area contributed by atoms with Crippen molar-refractivity contribution in [3.05, 3.63) is 30.0 Å². The van der Waals surface area contributed by atoms with Crippen molar-refractivity contribution in [2.45, 2.75) is 79.6 Å². The number of carbonyl (C=O) groups excluding carboxylic acids is 2. The topological polar surface area (TPSA) is 82.5 Å². The monoisotopic (exact) mass is 421 g/mol. The van der Waals surface area contributed by atoms with Crippen molar-refractivity contribution in [2.75, 3.05) is 0 Å². The predicted molar refractivity (Wildman–Crippen MR) is 113 cm³/mol. The Balaban J connectivity index is 2.37. The molecule has 0 atom stereocenters. The zero-order valence-electron chi connectivity index (χ0n) is 19.1. The molecular weight excluding hydrogens is 389 g/mol. The van der Waals surface area contributed by atoms with Gasteiger partial charge >= 0.3 is 12.2 Å². The van der Waals surface area contributed by atoms with Gasteiger partial charge in [-0.3, -0.25) is 4.98 Å². The molecule has 0 aromatic carbocycles. The first-order chi connectivity index (χ1) is 13.6. The number of carbonyl (C=O) groups is 2. The number of rotatable bonds is 4. The van der Waals surface area contributed by atoms with E-state index in [-0.39, 0.29) is 23.0 Å². The molecule has 0 saturated heterocycles. The SMILES string of the molecule is CC(C)(C)CC(C)(C)OC(=O)n1c(CNC(=O)OC(C)(C)C)c(F)c2cnccc21. The van der Waals surface area contributed by atoms with Crippen LogP contribution in [0.2, 0.25) is 0 Å². The number of hydrogen-bond donors (Lipinski definition) is 1. The summed E-state index contributed by atoms with van der Waals surface area (Å²) in [7, 11) is 0. The minimum absolute atomic E-state index is 0.0274. The standard InChI is InChI=1S/C22H32FN3O4/c1-20(2,3)13-22(7,8)30-19(28)26-15-9-10-24-11-14(15)17(23)16(26)12-25-18(27)29-21(4,5)6/h9-11H,12-13H2,1-8H3,(H,25,27). The summed E-state index contributed by atoms with van der Waals surface area (Å²) in [6.45, 7) is 14.7. The molecule has 2 rings (SSSR count). The zero-order chi connectivity index (χ0) is 22.9. The lowest BCUT2D eigenvalue weighted by atomic mass is 9.84. The van der Waals surface area contributed by atoms with Crippen molar-refractivity contribution in [3.63, 3.8) is 0 Å². The van der Waals surface area contributed by atoms with Gasteiger partial charge in [0.25, 0.3) is 0 Å². The Hall–Kier alpha value is -2.64. The number of amides is 1. The van der Waals surface area contributed by atoms with E-state index in [1.54, 1.807) is 20.8 Å². The van der Waals surface area contributed by atoms with Crippen LogP contribution in [-0.4, -0.2) is 32.9 Å². The highest BCUT2D eigenvalue weighted by atomic mass is 19.1. The first-order valence-corrected chi connectivity index (χ1v) is 9.93. The lowest BCUT2D eigenvalue weighted by Gasteiger charge is -2.32. The van der Waals surface area contributed by atoms with E-state index in [9.17, 15) is 9.59 Å². The molecule has 2 heterocycles. The van der Waals surface area contributed by atoms with Gasteiger partial charge in [-0.15, -0.1) is 0 Å². The fraction of sp³-hybridized carbons (Fsp3) is 0.591. The van der Waals surface area contributed by atoms with Gasteiger partial charge in [-0.2, -0.15) is 0 Å². The smallest absolute Gasteiger partial charge is 0.419 e. The van der Waals surface area contributed by atoms with Crippen LogP contribution in [0.3, 0.4) is 0 Å². The van der Waals surface area contributed by atoms with Gasteiger partial charge in [0, 0.05) is 12.4 Å². The van der Waals surface area contributed by atoms with E-state index in [1.165, 1.54) is 18.5 Å². The Kier molecular flexibility index (Phi) is 6.49. The summed E-state index contributed by atoms with van der Waals surface area (Å²) in [5.41, 5.74) is -1.25. The third-order valence-corrected chi connectivity index (χ3v) is 4.10. The molecule has 30 heavy (non-hydrogen) atoms. The number of nitrogens with zero attached hydrogens (tertiary/aromatic N) is 2. The van der Waals surface area contributed by atoms with Crippen molar-refractivity contribution in [1.82, 2.24) is 14.9 Å². The van der Waals surface area contributed by atoms with Gasteiger partial charge < -0.3 is 14.8 Å². The Morgan fingerprint density at radius 2 is 1.73 bits per heavy atom. The van der Waals surface area contributed by atoms with Crippen LogP contribution in [0.1, 0.15) is 67.5 Å². The van der Waals surface area contributed by atoms with E-state index < -0.39 is 29.2 Å². The maximum Gasteiger partial charge on any atom is 0.419 e. The number of alkyl carbamates (subject to hydrolysis) is 1. The number of pyridine rings is 1. The molecule has 2 aromatic heterocycles. The van der Waals surface area contributed by atoms with Crippen molar-refractivity contribution in [1.29, 1.82) is 0 Å². The maximum absolute atomic E-state index is 15.1. The summed E-state index contributed by atoms with van der Waals surface area (Å²) in [5, 5.41) is 2.67. The molecule has 0 radical (unpaired) electrons. The van der Waals surface area contributed by atoms with Crippen molar-refractivity contribution < 1.29 is 23.5 Å². The molecule has 7 nitrogen and oxygen atoms in total. The quantitative estimate of drug-likeness (QED) is 0.715. The van der Waals surface area contributed by atoms with E-state index in [1.807, 2.05) is 13.8 Å². The number of aromatic nitrogens is 2. The molecule has 1 N–H and O–H groups in total. The molecule has 0 aliphatic rings. The van der Waals surface area contributed by atoms with Crippen LogP contribution in [0, 0.1) is 11.2 Å². The van der Waals surface area contributed by atoms with E-state index in [2.05, 4.69) is 31.1 Å². The van der Waals surface area contributed by atoms with Gasteiger partial charge in [0.2, 0.25) is 0 Å². The highest BCUT2D eigenvalue weighted by Gasteiger charge is 2.32. The summed E-state index contributed by atoms with van der Waals surface area (Å²) >= 11 is 0. The fourth-order valence-electron chi connectivity index (χ4n) is 3.58. The predicted octanol–water partition coefficient (Wildman–Crippen LogP) is 5.40. The van der Waals surface area contributed by atoms with Crippen molar-refractivity contribution in [2.24, 2.45) is 5.41 Å². The van der Waals surface area contributed by atoms with E-state index in [0.29, 0.717) is 11.9 Å². The molecule has 0 fully saturated rings. The van der Waals surface area contributed by atoms with Crippen molar-refractivity contribution in [3.8, 4) is 0 Å². The summed E-state index contributed by atoms with van der Waals surface area (Å²) < 4.78 is 27.2. The fourth-order valence-corrected chi connectivity index (χ4v) is 3.58. The van der Waals surface area contributed by atoms with Gasteiger partial charge in [-0.25, -0.2) is 18.5 Å².